The number of rotatable bonds is 3. The van der Waals surface area contributed by atoms with Crippen LogP contribution in [-0.2, 0) is 14.8 Å². The Balaban J connectivity index is 0.00000243. The van der Waals surface area contributed by atoms with Gasteiger partial charge in [0.2, 0.25) is 10.0 Å². The molecule has 2 heterocycles. The summed E-state index contributed by atoms with van der Waals surface area (Å²) in [6.45, 7) is 4.59. The normalized spacial score (nSPS) is 20.5. The van der Waals surface area contributed by atoms with E-state index >= 15 is 0 Å². The predicted octanol–water partition coefficient (Wildman–Crippen LogP) is 2.86. The minimum Gasteiger partial charge on any atom is -0.465 e. The van der Waals surface area contributed by atoms with Crippen molar-refractivity contribution in [2.45, 2.75) is 31.2 Å². The Morgan fingerprint density at radius 2 is 2.00 bits per heavy atom. The molecule has 1 aliphatic heterocycles. The summed E-state index contributed by atoms with van der Waals surface area (Å²) in [6, 6.07) is 7.07. The van der Waals surface area contributed by atoms with Crippen molar-refractivity contribution in [2.24, 2.45) is 11.1 Å². The summed E-state index contributed by atoms with van der Waals surface area (Å²) in [5, 5.41) is 0.556. The van der Waals surface area contributed by atoms with E-state index in [4.69, 9.17) is 10.5 Å². The predicted molar refractivity (Wildman–Crippen MR) is 106 cm³/mol. The highest BCUT2D eigenvalue weighted by Crippen LogP contribution is 2.39. The highest BCUT2D eigenvalue weighted by atomic mass is 35.5. The summed E-state index contributed by atoms with van der Waals surface area (Å²) < 4.78 is 33.8. The van der Waals surface area contributed by atoms with E-state index in [2.05, 4.69) is 0 Å². The lowest BCUT2D eigenvalue weighted by atomic mass is 9.81. The molecule has 2 aromatic rings. The Hall–Kier alpha value is -1.19. The maximum absolute atomic E-state index is 13.4. The molecule has 0 bridgehead atoms. The first-order valence-electron chi connectivity index (χ1n) is 8.04. The van der Waals surface area contributed by atoms with Crippen LogP contribution >= 0.6 is 23.7 Å². The van der Waals surface area contributed by atoms with Crippen LogP contribution in [0.15, 0.2) is 29.2 Å². The number of carbonyl (C=O) groups excluding carboxylic acids is 1. The molecule has 0 saturated carbocycles. The monoisotopic (exact) mass is 418 g/mol. The van der Waals surface area contributed by atoms with Crippen molar-refractivity contribution >= 4 is 49.8 Å². The number of nitrogens with zero attached hydrogens (tertiary/aromatic N) is 1. The van der Waals surface area contributed by atoms with Crippen molar-refractivity contribution in [1.29, 1.82) is 0 Å². The Kier molecular flexibility index (Phi) is 6.04. The largest absolute Gasteiger partial charge is 0.465 e. The third-order valence-electron chi connectivity index (χ3n) is 4.80. The van der Waals surface area contributed by atoms with Gasteiger partial charge in [0.05, 0.1) is 7.11 Å². The van der Waals surface area contributed by atoms with Crippen molar-refractivity contribution in [3.05, 3.63) is 29.1 Å². The number of benzene rings is 1. The lowest BCUT2D eigenvalue weighted by Crippen LogP contribution is -2.53. The number of nitrogens with two attached hydrogens (primary N) is 1. The molecule has 1 aliphatic rings. The smallest absolute Gasteiger partial charge is 0.349 e. The Bertz CT molecular complexity index is 924. The van der Waals surface area contributed by atoms with Crippen LogP contribution < -0.4 is 5.73 Å². The second-order valence-corrected chi connectivity index (χ2v) is 9.90. The first kappa shape index (κ1) is 21.1. The molecule has 144 valence electrons. The zero-order chi connectivity index (χ0) is 18.4. The van der Waals surface area contributed by atoms with Crippen molar-refractivity contribution in [3.8, 4) is 0 Å². The molecular weight excluding hydrogens is 396 g/mol. The van der Waals surface area contributed by atoms with E-state index in [1.54, 1.807) is 12.1 Å². The number of thiophene rings is 1. The molecule has 1 aromatic carbocycles. The number of sulfonamides is 1. The van der Waals surface area contributed by atoms with Gasteiger partial charge in [-0.1, -0.05) is 32.0 Å². The van der Waals surface area contributed by atoms with Crippen molar-refractivity contribution in [3.63, 3.8) is 0 Å². The van der Waals surface area contributed by atoms with Gasteiger partial charge in [-0.2, -0.15) is 4.31 Å². The van der Waals surface area contributed by atoms with Gasteiger partial charge in [0, 0.05) is 29.2 Å². The second kappa shape index (κ2) is 7.44. The number of piperidine rings is 1. The molecule has 1 aromatic heterocycles. The summed E-state index contributed by atoms with van der Waals surface area (Å²) in [5.41, 5.74) is 5.80. The second-order valence-electron chi connectivity index (χ2n) is 6.97. The Morgan fingerprint density at radius 1 is 1.35 bits per heavy atom. The molecule has 1 fully saturated rings. The molecular formula is C17H23ClN2O4S2. The fraction of sp³-hybridized carbons (Fsp3) is 0.471. The SMILES string of the molecule is COC(=O)c1sc2ccccc2c1S(=O)(=O)N1CCC(N)C(C)(C)C1.Cl. The minimum atomic E-state index is -3.84. The maximum atomic E-state index is 13.4. The number of ether oxygens (including phenoxy) is 1. The van der Waals surface area contributed by atoms with Gasteiger partial charge in [0.25, 0.3) is 0 Å². The van der Waals surface area contributed by atoms with E-state index < -0.39 is 16.0 Å². The van der Waals surface area contributed by atoms with Gasteiger partial charge in [-0.25, -0.2) is 13.2 Å². The third-order valence-corrected chi connectivity index (χ3v) is 8.01. The van der Waals surface area contributed by atoms with Crippen LogP contribution in [0, 0.1) is 5.41 Å². The minimum absolute atomic E-state index is 0. The van der Waals surface area contributed by atoms with Gasteiger partial charge in [-0.15, -0.1) is 23.7 Å². The van der Waals surface area contributed by atoms with Crippen LogP contribution in [0.4, 0.5) is 0 Å². The van der Waals surface area contributed by atoms with Gasteiger partial charge in [0.1, 0.15) is 9.77 Å². The van der Waals surface area contributed by atoms with Gasteiger partial charge in [-0.05, 0) is 17.9 Å². The molecule has 3 rings (SSSR count). The van der Waals surface area contributed by atoms with E-state index in [0.717, 1.165) is 16.0 Å². The highest BCUT2D eigenvalue weighted by molar-refractivity contribution is 7.89. The fourth-order valence-electron chi connectivity index (χ4n) is 3.16. The summed E-state index contributed by atoms with van der Waals surface area (Å²) in [4.78, 5) is 12.4. The third kappa shape index (κ3) is 3.48. The molecule has 26 heavy (non-hydrogen) atoms. The molecule has 0 amide bonds. The average molecular weight is 419 g/mol. The average Bonchev–Trinajstić information content (AvgIpc) is 2.96. The fourth-order valence-corrected chi connectivity index (χ4v) is 6.57. The summed E-state index contributed by atoms with van der Waals surface area (Å²) in [6.07, 6.45) is 0.585. The van der Waals surface area contributed by atoms with E-state index in [1.165, 1.54) is 11.4 Å². The standard InChI is InChI=1S/C17H22N2O4S2.ClH/c1-17(2)10-19(9-8-13(17)18)25(21,22)15-11-6-4-5-7-12(11)24-14(15)16(20)23-3;/h4-7,13H,8-10,18H2,1-3H3;1H. The number of methoxy groups -OCH3 is 1. The molecule has 0 radical (unpaired) electrons. The van der Waals surface area contributed by atoms with Gasteiger partial charge in [-0.3, -0.25) is 0 Å². The molecule has 1 saturated heterocycles. The lowest BCUT2D eigenvalue weighted by molar-refractivity contribution is 0.0602. The summed E-state index contributed by atoms with van der Waals surface area (Å²) >= 11 is 1.14. The Labute approximate surface area is 163 Å². The van der Waals surface area contributed by atoms with Crippen LogP contribution in [0.3, 0.4) is 0 Å². The van der Waals surface area contributed by atoms with Gasteiger partial charge < -0.3 is 10.5 Å². The van der Waals surface area contributed by atoms with Crippen LogP contribution in [0.5, 0.6) is 0 Å². The van der Waals surface area contributed by atoms with Crippen molar-refractivity contribution < 1.29 is 17.9 Å². The molecule has 0 spiro atoms. The lowest BCUT2D eigenvalue weighted by Gasteiger charge is -2.41. The van der Waals surface area contributed by atoms with Crippen LogP contribution in [0.1, 0.15) is 29.9 Å². The molecule has 6 nitrogen and oxygen atoms in total. The van der Waals surface area contributed by atoms with E-state index in [-0.39, 0.29) is 33.6 Å². The van der Waals surface area contributed by atoms with Crippen LogP contribution in [-0.4, -0.2) is 44.9 Å². The number of fused-ring (bicyclic) bond motifs is 1. The molecule has 1 unspecified atom stereocenters. The highest BCUT2D eigenvalue weighted by Gasteiger charge is 2.41. The number of carbonyl (C=O) groups is 1. The zero-order valence-electron chi connectivity index (χ0n) is 14.9. The number of hydrogen-bond acceptors (Lipinski definition) is 6. The molecule has 2 N–H and O–H groups in total. The van der Waals surface area contributed by atoms with E-state index in [0.29, 0.717) is 24.9 Å². The molecule has 0 aliphatic carbocycles. The van der Waals surface area contributed by atoms with E-state index in [1.807, 2.05) is 26.0 Å². The van der Waals surface area contributed by atoms with Gasteiger partial charge in [0.15, 0.2) is 0 Å². The van der Waals surface area contributed by atoms with Crippen LogP contribution in [0.2, 0.25) is 0 Å². The summed E-state index contributed by atoms with van der Waals surface area (Å²) in [5.74, 6) is -0.632. The maximum Gasteiger partial charge on any atom is 0.349 e. The summed E-state index contributed by atoms with van der Waals surface area (Å²) in [7, 11) is -2.58. The van der Waals surface area contributed by atoms with E-state index in [9.17, 15) is 13.2 Å². The molecule has 1 atom stereocenters. The van der Waals surface area contributed by atoms with Crippen molar-refractivity contribution in [2.75, 3.05) is 20.2 Å². The Morgan fingerprint density at radius 3 is 2.62 bits per heavy atom. The van der Waals surface area contributed by atoms with Crippen molar-refractivity contribution in [1.82, 2.24) is 4.31 Å². The number of esters is 1. The number of halogens is 1. The zero-order valence-corrected chi connectivity index (χ0v) is 17.3. The molecule has 9 heteroatoms. The van der Waals surface area contributed by atoms with Gasteiger partial charge >= 0.3 is 5.97 Å². The first-order valence-corrected chi connectivity index (χ1v) is 10.3. The van der Waals surface area contributed by atoms with Crippen LogP contribution in [0.25, 0.3) is 10.1 Å². The number of hydrogen-bond donors (Lipinski definition) is 1. The first-order chi connectivity index (χ1) is 11.7. The quantitative estimate of drug-likeness (QED) is 0.774. The topological polar surface area (TPSA) is 89.7 Å².